The number of hydrogen-bond donors (Lipinski definition) is 0. The highest BCUT2D eigenvalue weighted by atomic mass is 16.5. The molecule has 0 aliphatic carbocycles. The molecule has 146 valence electrons. The molecule has 1 heterocycles. The third kappa shape index (κ3) is 4.46. The second kappa shape index (κ2) is 8.61. The number of carbonyl (C=O) groups excluding carboxylic acids is 2. The minimum absolute atomic E-state index is 0.280. The Balaban J connectivity index is 1.45. The zero-order chi connectivity index (χ0) is 20.1. The topological polar surface area (TPSA) is 55.8 Å². The first-order valence-electron chi connectivity index (χ1n) is 9.53. The van der Waals surface area contributed by atoms with Crippen molar-refractivity contribution >= 4 is 17.6 Å². The largest absolute Gasteiger partial charge is 0.493 e. The summed E-state index contributed by atoms with van der Waals surface area (Å²) in [6.07, 6.45) is 0.772. The molecule has 0 spiro atoms. The number of rotatable bonds is 6. The molecule has 1 amide bonds. The average molecular weight is 387 g/mol. The van der Waals surface area contributed by atoms with Gasteiger partial charge in [0.05, 0.1) is 18.7 Å². The standard InChI is InChI=1S/C24H21NO4/c26-23(17-29-24(27)20-11-12-22-19(15-20)13-14-28-22)25(21-9-5-2-6-10-21)16-18-7-3-1-4-8-18/h1-12,15H,13-14,16-17H2. The molecule has 0 fully saturated rings. The first-order valence-corrected chi connectivity index (χ1v) is 9.53. The summed E-state index contributed by atoms with van der Waals surface area (Å²) in [4.78, 5) is 27.0. The van der Waals surface area contributed by atoms with Crippen LogP contribution >= 0.6 is 0 Å². The van der Waals surface area contributed by atoms with E-state index in [1.54, 1.807) is 23.1 Å². The van der Waals surface area contributed by atoms with Crippen LogP contribution in [0.4, 0.5) is 5.69 Å². The smallest absolute Gasteiger partial charge is 0.338 e. The third-order valence-electron chi connectivity index (χ3n) is 4.80. The molecule has 0 aromatic heterocycles. The Kier molecular flexibility index (Phi) is 5.56. The Morgan fingerprint density at radius 1 is 0.931 bits per heavy atom. The van der Waals surface area contributed by atoms with E-state index in [1.807, 2.05) is 60.7 Å². The first kappa shape index (κ1) is 18.7. The van der Waals surface area contributed by atoms with Gasteiger partial charge in [-0.15, -0.1) is 0 Å². The van der Waals surface area contributed by atoms with Gasteiger partial charge >= 0.3 is 5.97 Å². The monoisotopic (exact) mass is 387 g/mol. The molecule has 0 saturated heterocycles. The Hall–Kier alpha value is -3.60. The maximum Gasteiger partial charge on any atom is 0.338 e. The normalized spacial score (nSPS) is 12.0. The number of esters is 1. The van der Waals surface area contributed by atoms with E-state index in [2.05, 4.69) is 0 Å². The summed E-state index contributed by atoms with van der Waals surface area (Å²) in [5.41, 5.74) is 3.17. The van der Waals surface area contributed by atoms with E-state index >= 15 is 0 Å². The molecule has 3 aromatic rings. The Morgan fingerprint density at radius 3 is 2.41 bits per heavy atom. The van der Waals surface area contributed by atoms with Crippen LogP contribution in [-0.2, 0) is 22.5 Å². The van der Waals surface area contributed by atoms with Gasteiger partial charge in [0.1, 0.15) is 5.75 Å². The molecule has 0 N–H and O–H groups in total. The summed E-state index contributed by atoms with van der Waals surface area (Å²) in [5, 5.41) is 0. The summed E-state index contributed by atoms with van der Waals surface area (Å²) >= 11 is 0. The van der Waals surface area contributed by atoms with Gasteiger partial charge in [-0.1, -0.05) is 48.5 Å². The molecular formula is C24H21NO4. The molecule has 1 aliphatic heterocycles. The van der Waals surface area contributed by atoms with Crippen LogP contribution in [0.3, 0.4) is 0 Å². The molecule has 0 bridgehead atoms. The fourth-order valence-electron chi connectivity index (χ4n) is 3.30. The Labute approximate surface area is 169 Å². The lowest BCUT2D eigenvalue weighted by molar-refractivity contribution is -0.121. The highest BCUT2D eigenvalue weighted by Crippen LogP contribution is 2.26. The van der Waals surface area contributed by atoms with Crippen LogP contribution in [0, 0.1) is 0 Å². The van der Waals surface area contributed by atoms with Crippen molar-refractivity contribution < 1.29 is 19.1 Å². The third-order valence-corrected chi connectivity index (χ3v) is 4.80. The second-order valence-corrected chi connectivity index (χ2v) is 6.80. The second-order valence-electron chi connectivity index (χ2n) is 6.80. The van der Waals surface area contributed by atoms with Gasteiger partial charge in [0.15, 0.2) is 6.61 Å². The van der Waals surface area contributed by atoms with Gasteiger partial charge in [-0.2, -0.15) is 0 Å². The highest BCUT2D eigenvalue weighted by Gasteiger charge is 2.20. The SMILES string of the molecule is O=C(OCC(=O)N(Cc1ccccc1)c1ccccc1)c1ccc2c(c1)CCO2. The number of para-hydroxylation sites is 1. The van der Waals surface area contributed by atoms with Gasteiger partial charge in [-0.05, 0) is 41.5 Å². The van der Waals surface area contributed by atoms with Crippen LogP contribution in [0.2, 0.25) is 0 Å². The summed E-state index contributed by atoms with van der Waals surface area (Å²) in [7, 11) is 0. The Morgan fingerprint density at radius 2 is 1.66 bits per heavy atom. The van der Waals surface area contributed by atoms with Crippen molar-refractivity contribution in [2.45, 2.75) is 13.0 Å². The number of ether oxygens (including phenoxy) is 2. The molecular weight excluding hydrogens is 366 g/mol. The van der Waals surface area contributed by atoms with Crippen LogP contribution in [0.25, 0.3) is 0 Å². The van der Waals surface area contributed by atoms with E-state index in [9.17, 15) is 9.59 Å². The van der Waals surface area contributed by atoms with Gasteiger partial charge in [0.25, 0.3) is 5.91 Å². The number of nitrogens with zero attached hydrogens (tertiary/aromatic N) is 1. The van der Waals surface area contributed by atoms with Crippen LogP contribution in [0.1, 0.15) is 21.5 Å². The quantitative estimate of drug-likeness (QED) is 0.600. The average Bonchev–Trinajstić information content (AvgIpc) is 3.25. The van der Waals surface area contributed by atoms with Crippen molar-refractivity contribution in [2.75, 3.05) is 18.1 Å². The zero-order valence-electron chi connectivity index (χ0n) is 15.9. The van der Waals surface area contributed by atoms with Gasteiger partial charge in [0, 0.05) is 12.1 Å². The fourth-order valence-corrected chi connectivity index (χ4v) is 3.30. The van der Waals surface area contributed by atoms with Crippen molar-refractivity contribution in [3.63, 3.8) is 0 Å². The van der Waals surface area contributed by atoms with Crippen LogP contribution in [0.5, 0.6) is 5.75 Å². The molecule has 4 rings (SSSR count). The van der Waals surface area contributed by atoms with Gasteiger partial charge in [0.2, 0.25) is 0 Å². The summed E-state index contributed by atoms with van der Waals surface area (Å²) in [6.45, 7) is 0.698. The van der Waals surface area contributed by atoms with Gasteiger partial charge in [-0.25, -0.2) is 4.79 Å². The van der Waals surface area contributed by atoms with Crippen LogP contribution in [-0.4, -0.2) is 25.1 Å². The minimum atomic E-state index is -0.513. The van der Waals surface area contributed by atoms with Crippen LogP contribution in [0.15, 0.2) is 78.9 Å². The van der Waals surface area contributed by atoms with Crippen LogP contribution < -0.4 is 9.64 Å². The lowest BCUT2D eigenvalue weighted by atomic mass is 10.1. The molecule has 3 aromatic carbocycles. The van der Waals surface area contributed by atoms with E-state index in [4.69, 9.17) is 9.47 Å². The lowest BCUT2D eigenvalue weighted by Crippen LogP contribution is -2.34. The number of carbonyl (C=O) groups is 2. The number of amides is 1. The van der Waals surface area contributed by atoms with Crippen molar-refractivity contribution in [1.29, 1.82) is 0 Å². The molecule has 0 saturated carbocycles. The van der Waals surface area contributed by atoms with Crippen molar-refractivity contribution in [2.24, 2.45) is 0 Å². The van der Waals surface area contributed by atoms with Crippen molar-refractivity contribution in [3.05, 3.63) is 95.6 Å². The molecule has 0 unspecified atom stereocenters. The Bertz CT molecular complexity index is 1000. The van der Waals surface area contributed by atoms with E-state index in [-0.39, 0.29) is 12.5 Å². The predicted octanol–water partition coefficient (Wildman–Crippen LogP) is 4.01. The van der Waals surface area contributed by atoms with Crippen molar-refractivity contribution in [3.8, 4) is 5.75 Å². The van der Waals surface area contributed by atoms with Crippen molar-refractivity contribution in [1.82, 2.24) is 0 Å². The van der Waals surface area contributed by atoms with E-state index in [0.717, 1.165) is 29.0 Å². The molecule has 0 atom stereocenters. The highest BCUT2D eigenvalue weighted by molar-refractivity contribution is 5.97. The number of hydrogen-bond acceptors (Lipinski definition) is 4. The summed E-state index contributed by atoms with van der Waals surface area (Å²) < 4.78 is 10.8. The predicted molar refractivity (Wildman–Crippen MR) is 110 cm³/mol. The van der Waals surface area contributed by atoms with E-state index in [1.165, 1.54) is 0 Å². The first-order chi connectivity index (χ1) is 14.2. The molecule has 0 radical (unpaired) electrons. The van der Waals surface area contributed by atoms with Gasteiger partial charge in [-0.3, -0.25) is 4.79 Å². The summed E-state index contributed by atoms with van der Waals surface area (Å²) in [6, 6.07) is 24.3. The van der Waals surface area contributed by atoms with E-state index in [0.29, 0.717) is 18.7 Å². The van der Waals surface area contributed by atoms with Gasteiger partial charge < -0.3 is 14.4 Å². The molecule has 29 heavy (non-hydrogen) atoms. The maximum absolute atomic E-state index is 12.9. The maximum atomic E-state index is 12.9. The fraction of sp³-hybridized carbons (Fsp3) is 0.167. The number of anilines is 1. The summed E-state index contributed by atoms with van der Waals surface area (Å²) in [5.74, 6) is 0.00871. The molecule has 1 aliphatic rings. The lowest BCUT2D eigenvalue weighted by Gasteiger charge is -2.23. The number of fused-ring (bicyclic) bond motifs is 1. The molecule has 5 heteroatoms. The van der Waals surface area contributed by atoms with E-state index < -0.39 is 5.97 Å². The number of benzene rings is 3. The zero-order valence-corrected chi connectivity index (χ0v) is 15.9. The molecule has 5 nitrogen and oxygen atoms in total. The minimum Gasteiger partial charge on any atom is -0.493 e.